The maximum atomic E-state index is 11.5. The smallest absolute Gasteiger partial charge is 0.402 e. The molecule has 0 amide bonds. The number of rotatable bonds is 15. The molecule has 0 bridgehead atoms. The molecule has 8 heteroatoms. The van der Waals surface area contributed by atoms with Gasteiger partial charge in [-0.05, 0) is 44.7 Å². The third-order valence-electron chi connectivity index (χ3n) is 4.08. The molecule has 0 aliphatic rings. The van der Waals surface area contributed by atoms with Gasteiger partial charge in [-0.1, -0.05) is 51.3 Å². The van der Waals surface area contributed by atoms with E-state index in [4.69, 9.17) is 18.4 Å². The molecule has 0 heterocycles. The minimum Gasteiger partial charge on any atom is -0.482 e. The highest BCUT2D eigenvalue weighted by Crippen LogP contribution is 2.30. The highest BCUT2D eigenvalue weighted by Gasteiger charge is 2.48. The van der Waals surface area contributed by atoms with Crippen molar-refractivity contribution in [1.29, 1.82) is 0 Å². The molecule has 1 rings (SSSR count). The number of hydrogen-bond acceptors (Lipinski definition) is 6. The summed E-state index contributed by atoms with van der Waals surface area (Å²) in [5, 5.41) is 0. The number of benzene rings is 1. The van der Waals surface area contributed by atoms with Gasteiger partial charge in [-0.25, -0.2) is 0 Å². The zero-order chi connectivity index (χ0) is 21.0. The molecular formula is C20H34O7S. The highest BCUT2D eigenvalue weighted by atomic mass is 32.3. The Balaban J connectivity index is 3.06. The predicted molar refractivity (Wildman–Crippen MR) is 107 cm³/mol. The Morgan fingerprint density at radius 3 is 2.04 bits per heavy atom. The van der Waals surface area contributed by atoms with E-state index in [2.05, 4.69) is 13.8 Å². The Hall–Kier alpha value is -1.19. The Morgan fingerprint density at radius 1 is 0.964 bits per heavy atom. The highest BCUT2D eigenvalue weighted by molar-refractivity contribution is 7.80. The van der Waals surface area contributed by atoms with E-state index in [-0.39, 0.29) is 13.2 Å². The van der Waals surface area contributed by atoms with E-state index in [1.165, 1.54) is 0 Å². The van der Waals surface area contributed by atoms with Crippen LogP contribution in [0.15, 0.2) is 30.3 Å². The summed E-state index contributed by atoms with van der Waals surface area (Å²) in [4.78, 5) is 0. The van der Waals surface area contributed by atoms with Gasteiger partial charge in [0.05, 0.1) is 0 Å². The van der Waals surface area contributed by atoms with Gasteiger partial charge in [0.15, 0.2) is 6.10 Å². The summed E-state index contributed by atoms with van der Waals surface area (Å²) in [5.74, 6) is -0.909. The van der Waals surface area contributed by atoms with Crippen LogP contribution in [0.25, 0.3) is 0 Å². The third-order valence-corrected chi connectivity index (χ3v) is 4.52. The first-order chi connectivity index (χ1) is 13.2. The molecule has 1 aromatic carbocycles. The second-order valence-corrected chi connectivity index (χ2v) is 7.95. The van der Waals surface area contributed by atoms with Crippen molar-refractivity contribution in [3.05, 3.63) is 30.3 Å². The van der Waals surface area contributed by atoms with Gasteiger partial charge in [-0.3, -0.25) is 4.55 Å². The molecule has 0 aliphatic carbocycles. The van der Waals surface area contributed by atoms with Gasteiger partial charge in [-0.2, -0.15) is 12.6 Å². The fourth-order valence-electron chi connectivity index (χ4n) is 2.91. The summed E-state index contributed by atoms with van der Waals surface area (Å²) >= 11 is 0. The molecule has 7 nitrogen and oxygen atoms in total. The molecule has 1 N–H and O–H groups in total. The summed E-state index contributed by atoms with van der Waals surface area (Å²) in [6.07, 6.45) is 3.44. The molecule has 0 fully saturated rings. The van der Waals surface area contributed by atoms with Crippen molar-refractivity contribution < 1.29 is 31.4 Å². The Bertz CT molecular complexity index is 625. The Morgan fingerprint density at radius 2 is 1.54 bits per heavy atom. The monoisotopic (exact) mass is 418 g/mol. The lowest BCUT2D eigenvalue weighted by molar-refractivity contribution is -0.374. The largest absolute Gasteiger partial charge is 0.482 e. The summed E-state index contributed by atoms with van der Waals surface area (Å²) in [7, 11) is -4.84. The van der Waals surface area contributed by atoms with Gasteiger partial charge in [-0.15, -0.1) is 0 Å². The first-order valence-corrected chi connectivity index (χ1v) is 11.3. The summed E-state index contributed by atoms with van der Waals surface area (Å²) < 4.78 is 54.4. The molecule has 28 heavy (non-hydrogen) atoms. The van der Waals surface area contributed by atoms with Gasteiger partial charge in [0.2, 0.25) is 0 Å². The maximum Gasteiger partial charge on any atom is 0.402 e. The predicted octanol–water partition coefficient (Wildman–Crippen LogP) is 4.59. The van der Waals surface area contributed by atoms with Gasteiger partial charge in [0.25, 0.3) is 0 Å². The topological polar surface area (TPSA) is 91.3 Å². The number of ether oxygens (including phenoxy) is 3. The first kappa shape index (κ1) is 24.8. The molecule has 1 atom stereocenters. The van der Waals surface area contributed by atoms with Crippen LogP contribution in [0.1, 0.15) is 59.8 Å². The molecule has 1 unspecified atom stereocenters. The van der Waals surface area contributed by atoms with Crippen molar-refractivity contribution in [2.45, 2.75) is 71.9 Å². The SMILES string of the molecule is CCOC(OCC)(OS(=O)(=O)O)C(CCCCCC(C)C)Oc1ccccc1. The lowest BCUT2D eigenvalue weighted by Gasteiger charge is -2.37. The maximum absolute atomic E-state index is 11.5. The summed E-state index contributed by atoms with van der Waals surface area (Å²) in [6, 6.07) is 8.97. The van der Waals surface area contributed by atoms with Crippen LogP contribution < -0.4 is 4.74 Å². The zero-order valence-electron chi connectivity index (χ0n) is 17.3. The van der Waals surface area contributed by atoms with Gasteiger partial charge < -0.3 is 14.2 Å². The van der Waals surface area contributed by atoms with Crippen molar-refractivity contribution in [2.24, 2.45) is 5.92 Å². The van der Waals surface area contributed by atoms with Gasteiger partial charge in [0, 0.05) is 13.2 Å². The molecule has 0 aromatic heterocycles. The molecule has 0 aliphatic heterocycles. The van der Waals surface area contributed by atoms with Crippen molar-refractivity contribution in [3.63, 3.8) is 0 Å². The van der Waals surface area contributed by atoms with Crippen LogP contribution in [-0.4, -0.2) is 38.3 Å². The van der Waals surface area contributed by atoms with E-state index in [1.54, 1.807) is 26.0 Å². The molecular weight excluding hydrogens is 384 g/mol. The lowest BCUT2D eigenvalue weighted by atomic mass is 10.0. The Labute approximate surface area is 169 Å². The fraction of sp³-hybridized carbons (Fsp3) is 0.700. The van der Waals surface area contributed by atoms with Crippen molar-refractivity contribution >= 4 is 10.4 Å². The number of hydrogen-bond donors (Lipinski definition) is 1. The second-order valence-electron chi connectivity index (χ2n) is 6.93. The standard InChI is InChI=1S/C20H34O7S/c1-5-24-20(25-6-2,27-28(21,22)23)19(16-12-7-9-13-17(3)4)26-18-14-10-8-11-15-18/h8,10-11,14-15,17,19H,5-7,9,12-13,16H2,1-4H3,(H,21,22,23). The van der Waals surface area contributed by atoms with Crippen molar-refractivity contribution in [3.8, 4) is 5.75 Å². The zero-order valence-corrected chi connectivity index (χ0v) is 18.1. The molecule has 1 aromatic rings. The van der Waals surface area contributed by atoms with E-state index < -0.39 is 22.5 Å². The van der Waals surface area contributed by atoms with Crippen LogP contribution in [0, 0.1) is 5.92 Å². The lowest BCUT2D eigenvalue weighted by Crippen LogP contribution is -2.53. The van der Waals surface area contributed by atoms with E-state index in [1.807, 2.05) is 18.2 Å². The molecule has 0 saturated carbocycles. The van der Waals surface area contributed by atoms with Crippen LogP contribution in [0.5, 0.6) is 5.75 Å². The minimum atomic E-state index is -4.84. The molecule has 0 saturated heterocycles. The fourth-order valence-corrected chi connectivity index (χ4v) is 3.41. The van der Waals surface area contributed by atoms with Crippen LogP contribution in [0.2, 0.25) is 0 Å². The van der Waals surface area contributed by atoms with E-state index >= 15 is 0 Å². The van der Waals surface area contributed by atoms with Crippen molar-refractivity contribution in [1.82, 2.24) is 0 Å². The molecule has 0 radical (unpaired) electrons. The van der Waals surface area contributed by atoms with Crippen LogP contribution >= 0.6 is 0 Å². The quantitative estimate of drug-likeness (QED) is 0.253. The van der Waals surface area contributed by atoms with E-state index in [0.717, 1.165) is 25.7 Å². The van der Waals surface area contributed by atoms with E-state index in [9.17, 15) is 13.0 Å². The molecule has 162 valence electrons. The summed E-state index contributed by atoms with van der Waals surface area (Å²) in [6.45, 7) is 7.94. The Kier molecular flexibility index (Phi) is 11.0. The van der Waals surface area contributed by atoms with Crippen LogP contribution in [0.4, 0.5) is 0 Å². The average molecular weight is 419 g/mol. The summed E-state index contributed by atoms with van der Waals surface area (Å²) in [5.41, 5.74) is 0. The number of para-hydroxylation sites is 1. The second kappa shape index (κ2) is 12.4. The van der Waals surface area contributed by atoms with Gasteiger partial charge >= 0.3 is 16.4 Å². The van der Waals surface area contributed by atoms with Crippen LogP contribution in [0.3, 0.4) is 0 Å². The van der Waals surface area contributed by atoms with Gasteiger partial charge in [0.1, 0.15) is 5.75 Å². The molecule has 0 spiro atoms. The minimum absolute atomic E-state index is 0.109. The normalized spacial score (nSPS) is 13.6. The van der Waals surface area contributed by atoms with Crippen LogP contribution in [-0.2, 0) is 24.1 Å². The van der Waals surface area contributed by atoms with E-state index in [0.29, 0.717) is 18.1 Å². The average Bonchev–Trinajstić information content (AvgIpc) is 2.60. The van der Waals surface area contributed by atoms with Crippen molar-refractivity contribution in [2.75, 3.05) is 13.2 Å². The first-order valence-electron chi connectivity index (χ1n) is 9.90. The third kappa shape index (κ3) is 9.34. The number of unbranched alkanes of at least 4 members (excludes halogenated alkanes) is 2.